The summed E-state index contributed by atoms with van der Waals surface area (Å²) in [4.78, 5) is 9.44. The van der Waals surface area contributed by atoms with Crippen LogP contribution in [0.5, 0.6) is 0 Å². The first-order valence-corrected chi connectivity index (χ1v) is 9.50. The van der Waals surface area contributed by atoms with E-state index < -0.39 is 0 Å². The lowest BCUT2D eigenvalue weighted by Gasteiger charge is -2.08. The fourth-order valence-electron chi connectivity index (χ4n) is 3.29. The van der Waals surface area contributed by atoms with Gasteiger partial charge in [0.15, 0.2) is 10.8 Å². The van der Waals surface area contributed by atoms with Crippen LogP contribution < -0.4 is 0 Å². The van der Waals surface area contributed by atoms with E-state index in [0.29, 0.717) is 0 Å². The van der Waals surface area contributed by atoms with Crippen LogP contribution in [0.15, 0.2) is 71.9 Å². The normalized spacial score (nSPS) is 11.6. The minimum atomic E-state index is 0.759. The van der Waals surface area contributed by atoms with Gasteiger partial charge in [-0.2, -0.15) is 4.52 Å². The lowest BCUT2D eigenvalue weighted by molar-refractivity contribution is 0.797. The van der Waals surface area contributed by atoms with Crippen LogP contribution in [0.1, 0.15) is 11.4 Å². The Balaban J connectivity index is 1.60. The highest BCUT2D eigenvalue weighted by molar-refractivity contribution is 7.98. The van der Waals surface area contributed by atoms with Crippen LogP contribution in [0.25, 0.3) is 27.3 Å². The molecular weight excluding hydrogens is 340 g/mol. The SMILES string of the molecule is Cc1nc2c3ccccc3nc(SCc3cccc4ccccc34)n2n1. The summed E-state index contributed by atoms with van der Waals surface area (Å²) >= 11 is 1.70. The van der Waals surface area contributed by atoms with Gasteiger partial charge in [0.25, 0.3) is 0 Å². The number of para-hydroxylation sites is 1. The molecule has 0 N–H and O–H groups in total. The number of hydrogen-bond donors (Lipinski definition) is 0. The molecule has 0 aliphatic carbocycles. The van der Waals surface area contributed by atoms with Crippen molar-refractivity contribution in [1.29, 1.82) is 0 Å². The third-order valence-corrected chi connectivity index (χ3v) is 5.47. The summed E-state index contributed by atoms with van der Waals surface area (Å²) in [6.45, 7) is 1.92. The molecule has 0 atom stereocenters. The Morgan fingerprint density at radius 3 is 2.54 bits per heavy atom. The van der Waals surface area contributed by atoms with E-state index in [0.717, 1.165) is 33.3 Å². The summed E-state index contributed by atoms with van der Waals surface area (Å²) < 4.78 is 1.87. The van der Waals surface area contributed by atoms with E-state index in [1.807, 2.05) is 35.7 Å². The maximum Gasteiger partial charge on any atom is 0.191 e. The van der Waals surface area contributed by atoms with Gasteiger partial charge >= 0.3 is 0 Å². The molecule has 5 heteroatoms. The van der Waals surface area contributed by atoms with E-state index in [1.54, 1.807) is 11.8 Å². The van der Waals surface area contributed by atoms with Gasteiger partial charge in [0, 0.05) is 11.1 Å². The average molecular weight is 356 g/mol. The Morgan fingerprint density at radius 2 is 1.62 bits per heavy atom. The van der Waals surface area contributed by atoms with Crippen LogP contribution in [-0.4, -0.2) is 19.6 Å². The Bertz CT molecular complexity index is 1250. The minimum Gasteiger partial charge on any atom is -0.222 e. The third kappa shape index (κ3) is 2.52. The molecule has 0 fully saturated rings. The van der Waals surface area contributed by atoms with Crippen molar-refractivity contribution in [1.82, 2.24) is 19.6 Å². The van der Waals surface area contributed by atoms with Crippen molar-refractivity contribution in [2.24, 2.45) is 0 Å². The molecule has 0 amide bonds. The van der Waals surface area contributed by atoms with Gasteiger partial charge < -0.3 is 0 Å². The molecule has 3 aromatic carbocycles. The first kappa shape index (κ1) is 15.3. The summed E-state index contributed by atoms with van der Waals surface area (Å²) in [5, 5.41) is 9.01. The van der Waals surface area contributed by atoms with Gasteiger partial charge in [-0.15, -0.1) is 5.10 Å². The molecule has 26 heavy (non-hydrogen) atoms. The van der Waals surface area contributed by atoms with E-state index in [9.17, 15) is 0 Å². The van der Waals surface area contributed by atoms with Gasteiger partial charge in [0.1, 0.15) is 5.82 Å². The lowest BCUT2D eigenvalue weighted by Crippen LogP contribution is -1.98. The van der Waals surface area contributed by atoms with Crippen molar-refractivity contribution in [2.75, 3.05) is 0 Å². The highest BCUT2D eigenvalue weighted by atomic mass is 32.2. The number of nitrogens with zero attached hydrogens (tertiary/aromatic N) is 4. The Labute approximate surface area is 154 Å². The second-order valence-electron chi connectivity index (χ2n) is 6.23. The second-order valence-corrected chi connectivity index (χ2v) is 7.18. The molecule has 5 rings (SSSR count). The smallest absolute Gasteiger partial charge is 0.191 e. The molecule has 0 bridgehead atoms. The first-order valence-electron chi connectivity index (χ1n) is 8.51. The Kier molecular flexibility index (Phi) is 3.60. The fourth-order valence-corrected chi connectivity index (χ4v) is 4.24. The monoisotopic (exact) mass is 356 g/mol. The standard InChI is InChI=1S/C21H16N4S/c1-14-22-20-18-11-4-5-12-19(18)23-21(25(20)24-14)26-13-16-9-6-8-15-7-2-3-10-17(15)16/h2-12H,13H2,1H3. The number of aryl methyl sites for hydroxylation is 1. The first-order chi connectivity index (χ1) is 12.8. The van der Waals surface area contributed by atoms with Gasteiger partial charge in [-0.1, -0.05) is 66.4 Å². The molecule has 5 aromatic rings. The average Bonchev–Trinajstić information content (AvgIpc) is 3.08. The van der Waals surface area contributed by atoms with Crippen LogP contribution in [0.3, 0.4) is 0 Å². The molecule has 0 unspecified atom stereocenters. The van der Waals surface area contributed by atoms with Crippen molar-refractivity contribution in [3.8, 4) is 0 Å². The van der Waals surface area contributed by atoms with Gasteiger partial charge in [-0.05, 0) is 35.4 Å². The van der Waals surface area contributed by atoms with E-state index >= 15 is 0 Å². The quantitative estimate of drug-likeness (QED) is 0.336. The van der Waals surface area contributed by atoms with Crippen LogP contribution in [0, 0.1) is 6.92 Å². The number of benzene rings is 3. The molecule has 0 aliphatic heterocycles. The largest absolute Gasteiger partial charge is 0.222 e. The summed E-state index contributed by atoms with van der Waals surface area (Å²) in [6.07, 6.45) is 0. The van der Waals surface area contributed by atoms with Crippen molar-refractivity contribution in [2.45, 2.75) is 17.8 Å². The summed E-state index contributed by atoms with van der Waals surface area (Å²) in [7, 11) is 0. The zero-order valence-electron chi connectivity index (χ0n) is 14.3. The van der Waals surface area contributed by atoms with Crippen molar-refractivity contribution >= 4 is 39.1 Å². The molecule has 0 saturated carbocycles. The van der Waals surface area contributed by atoms with Crippen molar-refractivity contribution < 1.29 is 0 Å². The number of thioether (sulfide) groups is 1. The Hall–Kier alpha value is -2.92. The third-order valence-electron chi connectivity index (χ3n) is 4.49. The fraction of sp³-hybridized carbons (Fsp3) is 0.0952. The molecule has 0 spiro atoms. The molecule has 126 valence electrons. The predicted molar refractivity (Wildman–Crippen MR) is 107 cm³/mol. The zero-order valence-corrected chi connectivity index (χ0v) is 15.1. The number of fused-ring (bicyclic) bond motifs is 4. The van der Waals surface area contributed by atoms with Crippen LogP contribution in [0.4, 0.5) is 0 Å². The van der Waals surface area contributed by atoms with E-state index in [4.69, 9.17) is 4.98 Å². The van der Waals surface area contributed by atoms with Crippen LogP contribution >= 0.6 is 11.8 Å². The summed E-state index contributed by atoms with van der Waals surface area (Å²) in [5.41, 5.74) is 3.12. The number of aromatic nitrogens is 4. The molecule has 2 heterocycles. The highest BCUT2D eigenvalue weighted by Crippen LogP contribution is 2.28. The topological polar surface area (TPSA) is 43.1 Å². The zero-order chi connectivity index (χ0) is 17.5. The second kappa shape index (κ2) is 6.11. The van der Waals surface area contributed by atoms with Gasteiger partial charge in [0.05, 0.1) is 5.52 Å². The molecule has 0 saturated heterocycles. The minimum absolute atomic E-state index is 0.759. The van der Waals surface area contributed by atoms with Gasteiger partial charge in [0.2, 0.25) is 0 Å². The maximum atomic E-state index is 4.84. The summed E-state index contributed by atoms with van der Waals surface area (Å²) in [5.74, 6) is 1.59. The van der Waals surface area contributed by atoms with E-state index in [-0.39, 0.29) is 0 Å². The molecule has 2 aromatic heterocycles. The molecule has 4 nitrogen and oxygen atoms in total. The van der Waals surface area contributed by atoms with Gasteiger partial charge in [-0.3, -0.25) is 0 Å². The van der Waals surface area contributed by atoms with Gasteiger partial charge in [-0.25, -0.2) is 9.97 Å². The lowest BCUT2D eigenvalue weighted by atomic mass is 10.1. The van der Waals surface area contributed by atoms with E-state index in [2.05, 4.69) is 52.5 Å². The summed E-state index contributed by atoms with van der Waals surface area (Å²) in [6, 6.07) is 23.0. The Morgan fingerprint density at radius 1 is 0.846 bits per heavy atom. The van der Waals surface area contributed by atoms with E-state index in [1.165, 1.54) is 16.3 Å². The molecule has 0 aliphatic rings. The highest BCUT2D eigenvalue weighted by Gasteiger charge is 2.12. The van der Waals surface area contributed by atoms with Crippen LogP contribution in [0.2, 0.25) is 0 Å². The molecule has 0 radical (unpaired) electrons. The van der Waals surface area contributed by atoms with Crippen molar-refractivity contribution in [3.63, 3.8) is 0 Å². The number of rotatable bonds is 3. The van der Waals surface area contributed by atoms with Crippen LogP contribution in [-0.2, 0) is 5.75 Å². The van der Waals surface area contributed by atoms with Crippen molar-refractivity contribution in [3.05, 3.63) is 78.1 Å². The molecular formula is C21H16N4S. The predicted octanol–water partition coefficient (Wildman–Crippen LogP) is 5.03. The maximum absolute atomic E-state index is 4.84. The number of hydrogen-bond acceptors (Lipinski definition) is 4.